The van der Waals surface area contributed by atoms with Gasteiger partial charge in [0.1, 0.15) is 0 Å². The Hall–Kier alpha value is -1.10. The van der Waals surface area contributed by atoms with Crippen LogP contribution in [0.2, 0.25) is 0 Å². The maximum absolute atomic E-state index is 9.64. The van der Waals surface area contributed by atoms with Gasteiger partial charge in [0.2, 0.25) is 0 Å². The fraction of sp³-hybridized carbons (Fsp3) is 0.833. The Bertz CT molecular complexity index is 187. The second-order valence-electron chi connectivity index (χ2n) is 4.25. The van der Waals surface area contributed by atoms with E-state index in [4.69, 9.17) is 15.3 Å². The minimum Gasteiger partial charge on any atom is -0.481 e. The highest BCUT2D eigenvalue weighted by molar-refractivity contribution is 5.75. The molecule has 0 rings (SSSR count). The summed E-state index contributed by atoms with van der Waals surface area (Å²) in [7, 11) is 0. The molecule has 0 bridgehead atoms. The molecule has 0 aromatic rings. The molecule has 0 atom stereocenters. The lowest BCUT2D eigenvalue weighted by Crippen LogP contribution is -2.00. The van der Waals surface area contributed by atoms with E-state index in [1.54, 1.807) is 0 Å². The van der Waals surface area contributed by atoms with Gasteiger partial charge >= 0.3 is 11.9 Å². The van der Waals surface area contributed by atoms with Crippen LogP contribution < -0.4 is 0 Å². The predicted octanol–water partition coefficient (Wildman–Crippen LogP) is 2.13. The van der Waals surface area contributed by atoms with Crippen molar-refractivity contribution < 1.29 is 24.9 Å². The number of hydrogen-bond donors (Lipinski definition) is 3. The van der Waals surface area contributed by atoms with Gasteiger partial charge in [-0.2, -0.15) is 0 Å². The summed E-state index contributed by atoms with van der Waals surface area (Å²) in [5.41, 5.74) is 0. The van der Waals surface area contributed by atoms with Crippen molar-refractivity contribution in [2.75, 3.05) is 6.61 Å². The van der Waals surface area contributed by atoms with Crippen molar-refractivity contribution in [2.24, 2.45) is 5.92 Å². The summed E-state index contributed by atoms with van der Waals surface area (Å²) in [5, 5.41) is 24.2. The van der Waals surface area contributed by atoms with E-state index < -0.39 is 11.9 Å². The van der Waals surface area contributed by atoms with Crippen LogP contribution in [0.4, 0.5) is 0 Å². The number of aliphatic hydroxyl groups excluding tert-OH is 1. The summed E-state index contributed by atoms with van der Waals surface area (Å²) in [4.78, 5) is 19.3. The molecule has 0 aliphatic heterocycles. The number of rotatable bonds is 8. The zero-order valence-corrected chi connectivity index (χ0v) is 10.7. The highest BCUT2D eigenvalue weighted by atomic mass is 16.4. The van der Waals surface area contributed by atoms with E-state index in [-0.39, 0.29) is 12.8 Å². The van der Waals surface area contributed by atoms with Crippen LogP contribution in [0.3, 0.4) is 0 Å². The zero-order chi connectivity index (χ0) is 13.7. The first kappa shape index (κ1) is 18.3. The number of carboxylic acids is 2. The van der Waals surface area contributed by atoms with Crippen LogP contribution in [0.1, 0.15) is 52.4 Å². The Balaban J connectivity index is 0. The molecule has 0 unspecified atom stereocenters. The van der Waals surface area contributed by atoms with Gasteiger partial charge in [-0.05, 0) is 12.3 Å². The molecular formula is C12H24O5. The topological polar surface area (TPSA) is 94.8 Å². The molecule has 0 saturated carbocycles. The van der Waals surface area contributed by atoms with Gasteiger partial charge in [-0.1, -0.05) is 33.1 Å². The lowest BCUT2D eigenvalue weighted by atomic mass is 10.1. The third-order valence-corrected chi connectivity index (χ3v) is 1.99. The van der Waals surface area contributed by atoms with Crippen LogP contribution in [-0.2, 0) is 9.59 Å². The van der Waals surface area contributed by atoms with E-state index in [0.29, 0.717) is 6.61 Å². The molecule has 0 aliphatic rings. The quantitative estimate of drug-likeness (QED) is 0.572. The fourth-order valence-electron chi connectivity index (χ4n) is 1.06. The molecule has 0 heterocycles. The first-order valence-corrected chi connectivity index (χ1v) is 5.94. The molecular weight excluding hydrogens is 224 g/mol. The Morgan fingerprint density at radius 1 is 0.941 bits per heavy atom. The average molecular weight is 248 g/mol. The average Bonchev–Trinajstić information content (AvgIpc) is 2.22. The molecule has 0 aliphatic carbocycles. The smallest absolute Gasteiger partial charge is 0.303 e. The minimum absolute atomic E-state index is 0.296. The summed E-state index contributed by atoms with van der Waals surface area (Å²) in [6.07, 6.45) is 4.16. The number of unbranched alkanes of at least 4 members (excludes halogenated alkanes) is 2. The van der Waals surface area contributed by atoms with Crippen molar-refractivity contribution in [3.05, 3.63) is 0 Å². The van der Waals surface area contributed by atoms with E-state index in [2.05, 4.69) is 13.8 Å². The SMILES string of the molecule is CC(C)CCCCCO.O=C(O)CCC(=O)O. The second kappa shape index (κ2) is 13.0. The maximum atomic E-state index is 9.64. The molecule has 17 heavy (non-hydrogen) atoms. The van der Waals surface area contributed by atoms with Crippen molar-refractivity contribution in [3.63, 3.8) is 0 Å². The zero-order valence-electron chi connectivity index (χ0n) is 10.7. The normalized spacial score (nSPS) is 9.65. The van der Waals surface area contributed by atoms with Gasteiger partial charge in [-0.3, -0.25) is 9.59 Å². The van der Waals surface area contributed by atoms with E-state index in [1.165, 1.54) is 19.3 Å². The molecule has 0 aromatic heterocycles. The van der Waals surface area contributed by atoms with Crippen molar-refractivity contribution in [1.82, 2.24) is 0 Å². The highest BCUT2D eigenvalue weighted by Crippen LogP contribution is 2.06. The molecule has 0 fully saturated rings. The van der Waals surface area contributed by atoms with Crippen LogP contribution in [0.15, 0.2) is 0 Å². The second-order valence-corrected chi connectivity index (χ2v) is 4.25. The molecule has 0 saturated heterocycles. The van der Waals surface area contributed by atoms with Crippen LogP contribution in [0.25, 0.3) is 0 Å². The summed E-state index contributed by atoms with van der Waals surface area (Å²) in [6.45, 7) is 4.83. The van der Waals surface area contributed by atoms with Gasteiger partial charge < -0.3 is 15.3 Å². The largest absolute Gasteiger partial charge is 0.481 e. The number of carbonyl (C=O) groups is 2. The van der Waals surface area contributed by atoms with E-state index >= 15 is 0 Å². The monoisotopic (exact) mass is 248 g/mol. The Kier molecular flexibility index (Phi) is 13.9. The van der Waals surface area contributed by atoms with Crippen molar-refractivity contribution in [3.8, 4) is 0 Å². The Morgan fingerprint density at radius 2 is 1.41 bits per heavy atom. The lowest BCUT2D eigenvalue weighted by molar-refractivity contribution is -0.143. The summed E-state index contributed by atoms with van der Waals surface area (Å²) in [5.74, 6) is -1.33. The third kappa shape index (κ3) is 25.3. The van der Waals surface area contributed by atoms with Crippen LogP contribution >= 0.6 is 0 Å². The van der Waals surface area contributed by atoms with Crippen molar-refractivity contribution in [2.45, 2.75) is 52.4 Å². The highest BCUT2D eigenvalue weighted by Gasteiger charge is 2.00. The summed E-state index contributed by atoms with van der Waals surface area (Å²) in [6, 6.07) is 0. The summed E-state index contributed by atoms with van der Waals surface area (Å²) >= 11 is 0. The van der Waals surface area contributed by atoms with Gasteiger partial charge in [-0.15, -0.1) is 0 Å². The number of carboxylic acid groups (broad SMARTS) is 2. The standard InChI is InChI=1S/C8H18O.C4H6O4/c1-8(2)6-4-3-5-7-9;5-3(6)1-2-4(7)8/h8-9H,3-7H2,1-2H3;1-2H2,(H,5,6)(H,7,8). The van der Waals surface area contributed by atoms with Gasteiger partial charge in [0.05, 0.1) is 12.8 Å². The first-order valence-electron chi connectivity index (χ1n) is 5.94. The van der Waals surface area contributed by atoms with Crippen LogP contribution in [0, 0.1) is 5.92 Å². The van der Waals surface area contributed by atoms with Gasteiger partial charge in [0.25, 0.3) is 0 Å². The number of hydrogen-bond acceptors (Lipinski definition) is 3. The Labute approximate surface area is 102 Å². The predicted molar refractivity (Wildman–Crippen MR) is 64.9 cm³/mol. The van der Waals surface area contributed by atoms with Gasteiger partial charge in [0, 0.05) is 6.61 Å². The van der Waals surface area contributed by atoms with Crippen molar-refractivity contribution in [1.29, 1.82) is 0 Å². The molecule has 102 valence electrons. The van der Waals surface area contributed by atoms with Gasteiger partial charge in [-0.25, -0.2) is 0 Å². The molecule has 3 N–H and O–H groups in total. The number of aliphatic carboxylic acids is 2. The van der Waals surface area contributed by atoms with Gasteiger partial charge in [0.15, 0.2) is 0 Å². The van der Waals surface area contributed by atoms with E-state index in [0.717, 1.165) is 12.3 Å². The molecule has 0 spiro atoms. The van der Waals surface area contributed by atoms with Crippen LogP contribution in [0.5, 0.6) is 0 Å². The fourth-order valence-corrected chi connectivity index (χ4v) is 1.06. The van der Waals surface area contributed by atoms with Crippen LogP contribution in [-0.4, -0.2) is 33.9 Å². The molecule has 0 amide bonds. The molecule has 0 aromatic carbocycles. The Morgan fingerprint density at radius 3 is 1.71 bits per heavy atom. The van der Waals surface area contributed by atoms with E-state index in [9.17, 15) is 9.59 Å². The third-order valence-electron chi connectivity index (χ3n) is 1.99. The number of aliphatic hydroxyl groups is 1. The molecule has 5 heteroatoms. The minimum atomic E-state index is -1.08. The molecule has 0 radical (unpaired) electrons. The maximum Gasteiger partial charge on any atom is 0.303 e. The summed E-state index contributed by atoms with van der Waals surface area (Å²) < 4.78 is 0. The lowest BCUT2D eigenvalue weighted by Gasteiger charge is -2.01. The van der Waals surface area contributed by atoms with Crippen molar-refractivity contribution >= 4 is 11.9 Å². The van der Waals surface area contributed by atoms with E-state index in [1.807, 2.05) is 0 Å². The molecule has 5 nitrogen and oxygen atoms in total. The first-order chi connectivity index (χ1) is 7.90.